The molecule has 2 aliphatic carbocycles. The van der Waals surface area contributed by atoms with Crippen molar-refractivity contribution in [3.8, 4) is 5.95 Å². The van der Waals surface area contributed by atoms with Gasteiger partial charge in [-0.3, -0.25) is 9.88 Å². The zero-order chi connectivity index (χ0) is 25.7. The summed E-state index contributed by atoms with van der Waals surface area (Å²) < 4.78 is 7.39. The second-order valence-corrected chi connectivity index (χ2v) is 11.0. The predicted molar refractivity (Wildman–Crippen MR) is 139 cm³/mol. The molecule has 192 valence electrons. The van der Waals surface area contributed by atoms with E-state index in [1.165, 1.54) is 4.57 Å². The van der Waals surface area contributed by atoms with Crippen LogP contribution in [0, 0.1) is 11.8 Å². The minimum atomic E-state index is -0.547. The fourth-order valence-electron chi connectivity index (χ4n) is 6.46. The molecule has 9 heteroatoms. The van der Waals surface area contributed by atoms with Crippen LogP contribution in [0.4, 0.5) is 4.79 Å². The quantitative estimate of drug-likeness (QED) is 0.565. The van der Waals surface area contributed by atoms with Crippen molar-refractivity contribution in [3.05, 3.63) is 71.1 Å². The van der Waals surface area contributed by atoms with Gasteiger partial charge in [0.15, 0.2) is 5.65 Å². The topological polar surface area (TPSA) is 106 Å². The smallest absolute Gasteiger partial charge is 0.411 e. The minimum Gasteiger partial charge on any atom is -0.441 e. The molecule has 0 bridgehead atoms. The lowest BCUT2D eigenvalue weighted by Gasteiger charge is -2.42. The van der Waals surface area contributed by atoms with Gasteiger partial charge in [0.25, 0.3) is 0 Å². The normalized spacial score (nSPS) is 29.1. The third-order valence-corrected chi connectivity index (χ3v) is 8.28. The van der Waals surface area contributed by atoms with Gasteiger partial charge in [-0.05, 0) is 69.1 Å². The number of fused-ring (bicyclic) bond motifs is 1. The van der Waals surface area contributed by atoms with E-state index >= 15 is 0 Å². The Bertz CT molecular complexity index is 1430. The van der Waals surface area contributed by atoms with Crippen molar-refractivity contribution in [2.24, 2.45) is 11.8 Å². The number of hydrogen-bond donors (Lipinski definition) is 1. The summed E-state index contributed by atoms with van der Waals surface area (Å²) in [7, 11) is 0. The first kappa shape index (κ1) is 23.6. The van der Waals surface area contributed by atoms with Crippen LogP contribution < -0.4 is 5.69 Å². The maximum atomic E-state index is 13.1. The fraction of sp³-hybridized carbons (Fsp3) is 0.464. The maximum absolute atomic E-state index is 13.1. The van der Waals surface area contributed by atoms with E-state index in [9.17, 15) is 9.59 Å². The maximum Gasteiger partial charge on any atom is 0.411 e. The van der Waals surface area contributed by atoms with Gasteiger partial charge in [0.05, 0.1) is 11.6 Å². The summed E-state index contributed by atoms with van der Waals surface area (Å²) in [6.07, 6.45) is 17.2. The molecule has 2 fully saturated rings. The molecule has 0 aromatic carbocycles. The van der Waals surface area contributed by atoms with E-state index in [1.807, 2.05) is 31.0 Å². The van der Waals surface area contributed by atoms with Gasteiger partial charge < -0.3 is 4.74 Å². The summed E-state index contributed by atoms with van der Waals surface area (Å²) in [4.78, 5) is 43.6. The number of aromatic nitrogens is 5. The highest BCUT2D eigenvalue weighted by molar-refractivity contribution is 5.73. The molecule has 3 aliphatic rings. The van der Waals surface area contributed by atoms with E-state index in [2.05, 4.69) is 51.2 Å². The van der Waals surface area contributed by atoms with Crippen LogP contribution in [0.3, 0.4) is 0 Å². The minimum absolute atomic E-state index is 0.00377. The van der Waals surface area contributed by atoms with E-state index in [4.69, 9.17) is 4.74 Å². The number of cyclic esters (lactones) is 1. The number of H-pyrrole nitrogens is 1. The lowest BCUT2D eigenvalue weighted by atomic mass is 9.75. The number of hydrogen-bond acceptors (Lipinski definition) is 6. The van der Waals surface area contributed by atoms with E-state index in [-0.39, 0.29) is 29.8 Å². The number of aromatic amines is 1. The van der Waals surface area contributed by atoms with Gasteiger partial charge in [0.2, 0.25) is 5.95 Å². The standard InChI is InChI=1S/C28H32N6O3/c1-17-7-4-5-8-21(17)23-28(2,3)37-27(36)33(23)20-11-9-18(10-12-20)19-15-22-24(31-16-19)32-26(35)34(22)25-29-13-6-14-30-25/h4-8,13-18,20-21,23H,9-12H2,1-3H3,(H,31,32,35). The molecule has 1 saturated carbocycles. The predicted octanol–water partition coefficient (Wildman–Crippen LogP) is 4.51. The average Bonchev–Trinajstić information content (AvgIpc) is 3.35. The Kier molecular flexibility index (Phi) is 5.73. The first-order valence-electron chi connectivity index (χ1n) is 13.1. The molecular weight excluding hydrogens is 468 g/mol. The SMILES string of the molecule is CC1C=CC=CC1C1N(C2CCC(c3cnc4[nH]c(=O)n(-c5ncccn5)c4c3)CC2)C(=O)OC1(C)C. The van der Waals surface area contributed by atoms with Crippen LogP contribution in [0.2, 0.25) is 0 Å². The third kappa shape index (κ3) is 4.06. The Morgan fingerprint density at radius 3 is 2.49 bits per heavy atom. The van der Waals surface area contributed by atoms with Gasteiger partial charge in [0, 0.05) is 30.6 Å². The number of carbonyl (C=O) groups is 1. The van der Waals surface area contributed by atoms with Crippen LogP contribution in [-0.2, 0) is 4.74 Å². The Balaban J connectivity index is 1.24. The highest BCUT2D eigenvalue weighted by Gasteiger charge is 2.54. The van der Waals surface area contributed by atoms with E-state index < -0.39 is 5.60 Å². The molecule has 3 aromatic heterocycles. The van der Waals surface area contributed by atoms with E-state index in [0.29, 0.717) is 28.9 Å². The number of nitrogens with zero attached hydrogens (tertiary/aromatic N) is 5. The summed E-state index contributed by atoms with van der Waals surface area (Å²) >= 11 is 0. The van der Waals surface area contributed by atoms with E-state index in [1.54, 1.807) is 18.5 Å². The molecule has 3 aromatic rings. The number of pyridine rings is 1. The van der Waals surface area contributed by atoms with Gasteiger partial charge in [0.1, 0.15) is 5.60 Å². The second kappa shape index (κ2) is 8.97. The Labute approximate surface area is 215 Å². The van der Waals surface area contributed by atoms with Gasteiger partial charge in [-0.15, -0.1) is 0 Å². The Hall–Kier alpha value is -3.75. The summed E-state index contributed by atoms with van der Waals surface area (Å²) in [5.41, 5.74) is 1.42. The van der Waals surface area contributed by atoms with Crippen molar-refractivity contribution in [1.29, 1.82) is 0 Å². The molecule has 1 N–H and O–H groups in total. The summed E-state index contributed by atoms with van der Waals surface area (Å²) in [5, 5.41) is 0. The van der Waals surface area contributed by atoms with Crippen molar-refractivity contribution in [3.63, 3.8) is 0 Å². The molecule has 1 aliphatic heterocycles. The number of amides is 1. The average molecular weight is 501 g/mol. The summed E-state index contributed by atoms with van der Waals surface area (Å²) in [5.74, 6) is 1.18. The Morgan fingerprint density at radius 2 is 1.76 bits per heavy atom. The highest BCUT2D eigenvalue weighted by atomic mass is 16.6. The zero-order valence-corrected chi connectivity index (χ0v) is 21.4. The molecule has 1 saturated heterocycles. The lowest BCUT2D eigenvalue weighted by Crippen LogP contribution is -2.52. The van der Waals surface area contributed by atoms with Gasteiger partial charge in [-0.1, -0.05) is 31.2 Å². The molecule has 0 spiro atoms. The molecular formula is C28H32N6O3. The molecule has 3 atom stereocenters. The van der Waals surface area contributed by atoms with Gasteiger partial charge >= 0.3 is 11.8 Å². The van der Waals surface area contributed by atoms with Crippen LogP contribution in [0.25, 0.3) is 17.1 Å². The van der Waals surface area contributed by atoms with Crippen molar-refractivity contribution in [1.82, 2.24) is 29.4 Å². The number of ether oxygens (including phenoxy) is 1. The van der Waals surface area contributed by atoms with Gasteiger partial charge in [-0.25, -0.2) is 29.1 Å². The summed E-state index contributed by atoms with van der Waals surface area (Å²) in [6.45, 7) is 6.28. The first-order valence-corrected chi connectivity index (χ1v) is 13.1. The lowest BCUT2D eigenvalue weighted by molar-refractivity contribution is 0.0461. The zero-order valence-electron chi connectivity index (χ0n) is 21.4. The third-order valence-electron chi connectivity index (χ3n) is 8.28. The molecule has 9 nitrogen and oxygen atoms in total. The Morgan fingerprint density at radius 1 is 1.03 bits per heavy atom. The largest absolute Gasteiger partial charge is 0.441 e. The van der Waals surface area contributed by atoms with Crippen LogP contribution in [-0.4, -0.2) is 53.2 Å². The van der Waals surface area contributed by atoms with Crippen molar-refractivity contribution >= 4 is 17.3 Å². The molecule has 4 heterocycles. The highest BCUT2D eigenvalue weighted by Crippen LogP contribution is 2.44. The number of allylic oxidation sites excluding steroid dienone is 3. The van der Waals surface area contributed by atoms with Crippen molar-refractivity contribution in [2.75, 3.05) is 0 Å². The fourth-order valence-corrected chi connectivity index (χ4v) is 6.46. The van der Waals surface area contributed by atoms with Crippen molar-refractivity contribution < 1.29 is 9.53 Å². The first-order chi connectivity index (χ1) is 17.8. The molecule has 6 rings (SSSR count). The molecule has 0 radical (unpaired) electrons. The number of nitrogens with one attached hydrogen (secondary N) is 1. The van der Waals surface area contributed by atoms with E-state index in [0.717, 1.165) is 31.2 Å². The number of rotatable bonds is 4. The number of carbonyl (C=O) groups excluding carboxylic acids is 1. The van der Waals surface area contributed by atoms with Crippen LogP contribution in [0.15, 0.2) is 59.8 Å². The monoisotopic (exact) mass is 500 g/mol. The molecule has 1 amide bonds. The molecule has 37 heavy (non-hydrogen) atoms. The number of imidazole rings is 1. The van der Waals surface area contributed by atoms with Crippen LogP contribution >= 0.6 is 0 Å². The van der Waals surface area contributed by atoms with Gasteiger partial charge in [-0.2, -0.15) is 0 Å². The van der Waals surface area contributed by atoms with Crippen molar-refractivity contribution in [2.45, 2.75) is 70.1 Å². The van der Waals surface area contributed by atoms with Crippen LogP contribution in [0.1, 0.15) is 57.9 Å². The second-order valence-electron chi connectivity index (χ2n) is 11.0. The summed E-state index contributed by atoms with van der Waals surface area (Å²) in [6, 6.07) is 3.88. The van der Waals surface area contributed by atoms with Crippen LogP contribution in [0.5, 0.6) is 0 Å². The molecule has 3 unspecified atom stereocenters.